The van der Waals surface area contributed by atoms with E-state index in [1.807, 2.05) is 31.2 Å². The lowest BCUT2D eigenvalue weighted by atomic mass is 9.94. The summed E-state index contributed by atoms with van der Waals surface area (Å²) in [5.41, 5.74) is 9.83. The van der Waals surface area contributed by atoms with Crippen LogP contribution in [0.5, 0.6) is 5.75 Å². The summed E-state index contributed by atoms with van der Waals surface area (Å²) in [4.78, 5) is 30.3. The Kier molecular flexibility index (Phi) is 8.64. The Hall–Kier alpha value is -4.24. The van der Waals surface area contributed by atoms with E-state index in [2.05, 4.69) is 9.69 Å². The molecule has 1 aromatic heterocycles. The van der Waals surface area contributed by atoms with Crippen molar-refractivity contribution in [3.63, 3.8) is 0 Å². The van der Waals surface area contributed by atoms with Gasteiger partial charge in [0, 0.05) is 17.3 Å². The van der Waals surface area contributed by atoms with E-state index in [0.717, 1.165) is 49.2 Å². The normalized spacial score (nSPS) is 14.3. The largest absolute Gasteiger partial charge is 0.497 e. The minimum absolute atomic E-state index is 0.0463. The van der Waals surface area contributed by atoms with Gasteiger partial charge in [0.2, 0.25) is 5.91 Å². The third kappa shape index (κ3) is 6.25. The van der Waals surface area contributed by atoms with Crippen molar-refractivity contribution >= 4 is 34.7 Å². The maximum Gasteiger partial charge on any atom is 0.273 e. The van der Waals surface area contributed by atoms with Gasteiger partial charge in [-0.25, -0.2) is 4.39 Å². The van der Waals surface area contributed by atoms with Gasteiger partial charge in [0.05, 0.1) is 12.8 Å². The molecule has 0 unspecified atom stereocenters. The van der Waals surface area contributed by atoms with Crippen molar-refractivity contribution in [1.82, 2.24) is 9.69 Å². The number of nitrogen functional groups attached to an aromatic ring is 1. The number of ether oxygens (including phenoxy) is 1. The molecule has 3 N–H and O–H groups in total. The fourth-order valence-corrected chi connectivity index (χ4v) is 6.03. The minimum Gasteiger partial charge on any atom is -0.497 e. The third-order valence-corrected chi connectivity index (χ3v) is 8.28. The van der Waals surface area contributed by atoms with Crippen LogP contribution < -0.4 is 20.7 Å². The molecule has 7 nitrogen and oxygen atoms in total. The van der Waals surface area contributed by atoms with Crippen molar-refractivity contribution in [3.05, 3.63) is 94.6 Å². The number of carbonyl (C=O) groups excluding carboxylic acids is 2. The van der Waals surface area contributed by atoms with Crippen LogP contribution in [-0.2, 0) is 4.79 Å². The van der Waals surface area contributed by atoms with Crippen molar-refractivity contribution < 1.29 is 18.7 Å². The number of benzene rings is 3. The van der Waals surface area contributed by atoms with E-state index >= 15 is 0 Å². The highest BCUT2D eigenvalue weighted by Crippen LogP contribution is 2.37. The van der Waals surface area contributed by atoms with Crippen LogP contribution in [0.2, 0.25) is 0 Å². The number of aromatic nitrogens is 1. The Labute approximate surface area is 243 Å². The number of rotatable bonds is 8. The average Bonchev–Trinajstić information content (AvgIpc) is 3.37. The lowest BCUT2D eigenvalue weighted by Gasteiger charge is -2.33. The summed E-state index contributed by atoms with van der Waals surface area (Å²) in [6, 6.07) is 19.5. The molecule has 1 saturated carbocycles. The van der Waals surface area contributed by atoms with Gasteiger partial charge in [-0.1, -0.05) is 43.5 Å². The van der Waals surface area contributed by atoms with Gasteiger partial charge >= 0.3 is 0 Å². The second-order valence-corrected chi connectivity index (χ2v) is 11.1. The molecule has 0 radical (unpaired) electrons. The van der Waals surface area contributed by atoms with Gasteiger partial charge in [0.1, 0.15) is 28.2 Å². The second-order valence-electron chi connectivity index (χ2n) is 10.3. The molecule has 4 aromatic rings. The summed E-state index contributed by atoms with van der Waals surface area (Å²) < 4.78 is 23.4. The van der Waals surface area contributed by atoms with Gasteiger partial charge in [-0.3, -0.25) is 14.5 Å². The first kappa shape index (κ1) is 28.3. The molecule has 1 aliphatic rings. The number of aryl methyl sites for hydroxylation is 1. The van der Waals surface area contributed by atoms with Crippen LogP contribution in [-0.4, -0.2) is 29.3 Å². The quantitative estimate of drug-likeness (QED) is 0.245. The minimum atomic E-state index is -0.979. The molecule has 0 spiro atoms. The molecule has 212 valence electrons. The number of halogens is 1. The highest BCUT2D eigenvalue weighted by Gasteiger charge is 2.36. The maximum atomic E-state index is 14.5. The molecule has 41 heavy (non-hydrogen) atoms. The van der Waals surface area contributed by atoms with E-state index in [-0.39, 0.29) is 28.3 Å². The number of amides is 2. The highest BCUT2D eigenvalue weighted by atomic mass is 32.1. The Morgan fingerprint density at radius 2 is 1.76 bits per heavy atom. The molecule has 9 heteroatoms. The van der Waals surface area contributed by atoms with Crippen molar-refractivity contribution in [1.29, 1.82) is 0 Å². The third-order valence-electron chi connectivity index (χ3n) is 7.43. The smallest absolute Gasteiger partial charge is 0.273 e. The first-order valence-electron chi connectivity index (χ1n) is 13.7. The van der Waals surface area contributed by atoms with Gasteiger partial charge in [0.25, 0.3) is 5.91 Å². The van der Waals surface area contributed by atoms with E-state index in [1.165, 1.54) is 17.0 Å². The molecule has 1 atom stereocenters. The van der Waals surface area contributed by atoms with Gasteiger partial charge in [-0.05, 0) is 91.0 Å². The number of anilines is 2. The number of nitrogens with zero attached hydrogens (tertiary/aromatic N) is 2. The molecular weight excluding hydrogens is 539 g/mol. The average molecular weight is 573 g/mol. The number of nitrogens with two attached hydrogens (primary N) is 1. The maximum absolute atomic E-state index is 14.5. The number of methoxy groups -OCH3 is 1. The van der Waals surface area contributed by atoms with Gasteiger partial charge in [-0.2, -0.15) is 4.37 Å². The summed E-state index contributed by atoms with van der Waals surface area (Å²) in [6.45, 7) is 1.93. The molecule has 5 rings (SSSR count). The Morgan fingerprint density at radius 1 is 1.05 bits per heavy atom. The van der Waals surface area contributed by atoms with Crippen molar-refractivity contribution in [2.24, 2.45) is 0 Å². The van der Waals surface area contributed by atoms with E-state index in [0.29, 0.717) is 28.3 Å². The van der Waals surface area contributed by atoms with Crippen LogP contribution in [0.15, 0.2) is 72.8 Å². The fourth-order valence-electron chi connectivity index (χ4n) is 5.27. The molecule has 0 saturated heterocycles. The monoisotopic (exact) mass is 572 g/mol. The van der Waals surface area contributed by atoms with Crippen LogP contribution in [0, 0.1) is 12.7 Å². The molecule has 2 amide bonds. The molecule has 1 fully saturated rings. The van der Waals surface area contributed by atoms with Crippen molar-refractivity contribution in [2.45, 2.75) is 51.1 Å². The summed E-state index contributed by atoms with van der Waals surface area (Å²) in [5, 5.41) is 3.23. The van der Waals surface area contributed by atoms with E-state index in [4.69, 9.17) is 10.5 Å². The summed E-state index contributed by atoms with van der Waals surface area (Å²) in [5.74, 6) is -0.447. The predicted molar refractivity (Wildman–Crippen MR) is 161 cm³/mol. The van der Waals surface area contributed by atoms with Crippen LogP contribution >= 0.6 is 11.5 Å². The summed E-state index contributed by atoms with van der Waals surface area (Å²) in [7, 11) is 1.58. The summed E-state index contributed by atoms with van der Waals surface area (Å²) in [6.07, 6.45) is 5.08. The zero-order chi connectivity index (χ0) is 28.9. The molecule has 0 aliphatic heterocycles. The molecule has 1 aliphatic carbocycles. The Bertz CT molecular complexity index is 1510. The summed E-state index contributed by atoms with van der Waals surface area (Å²) >= 11 is 0.965. The SMILES string of the molecule is COc1ccc([C@@H](C(=O)NC2CCCCC2)N(C(=O)c2snc(-c3ccc(F)cc3)c2N)c2cccc(C)c2)cc1. The number of hydrogen-bond acceptors (Lipinski definition) is 6. The van der Waals surface area contributed by atoms with Crippen molar-refractivity contribution in [2.75, 3.05) is 17.7 Å². The highest BCUT2D eigenvalue weighted by molar-refractivity contribution is 7.09. The van der Waals surface area contributed by atoms with Crippen molar-refractivity contribution in [3.8, 4) is 17.0 Å². The molecule has 1 heterocycles. The number of carbonyl (C=O) groups is 2. The van der Waals surface area contributed by atoms with Gasteiger partial charge < -0.3 is 15.8 Å². The Balaban J connectivity index is 1.61. The van der Waals surface area contributed by atoms with Gasteiger partial charge in [0.15, 0.2) is 0 Å². The lowest BCUT2D eigenvalue weighted by molar-refractivity contribution is -0.123. The van der Waals surface area contributed by atoms with Gasteiger partial charge in [-0.15, -0.1) is 0 Å². The zero-order valence-corrected chi connectivity index (χ0v) is 23.9. The molecule has 0 bridgehead atoms. The van der Waals surface area contributed by atoms with E-state index in [1.54, 1.807) is 43.5 Å². The first-order chi connectivity index (χ1) is 19.9. The van der Waals surface area contributed by atoms with Crippen LogP contribution in [0.4, 0.5) is 15.8 Å². The Morgan fingerprint density at radius 3 is 2.41 bits per heavy atom. The van der Waals surface area contributed by atoms with E-state index in [9.17, 15) is 14.0 Å². The lowest BCUT2D eigenvalue weighted by Crippen LogP contribution is -2.47. The molecule has 3 aromatic carbocycles. The second kappa shape index (κ2) is 12.5. The van der Waals surface area contributed by atoms with Crippen LogP contribution in [0.25, 0.3) is 11.3 Å². The number of nitrogens with one attached hydrogen (secondary N) is 1. The van der Waals surface area contributed by atoms with Crippen LogP contribution in [0.1, 0.15) is 58.9 Å². The molecular formula is C32H33FN4O3S. The van der Waals surface area contributed by atoms with Crippen LogP contribution in [0.3, 0.4) is 0 Å². The topological polar surface area (TPSA) is 97.5 Å². The standard InChI is InChI=1S/C32H33FN4O3S/c1-20-7-6-10-25(19-20)37(32(39)30-27(34)28(36-41-30)21-11-15-23(33)16-12-21)29(22-13-17-26(40-2)18-14-22)31(38)35-24-8-4-3-5-9-24/h6-7,10-19,24,29H,3-5,8-9,34H2,1-2H3,(H,35,38)/t29-/m0/s1. The zero-order valence-electron chi connectivity index (χ0n) is 23.1. The first-order valence-corrected chi connectivity index (χ1v) is 14.5. The van der Waals surface area contributed by atoms with E-state index < -0.39 is 11.9 Å². The number of hydrogen-bond donors (Lipinski definition) is 2. The fraction of sp³-hybridized carbons (Fsp3) is 0.281. The predicted octanol–water partition coefficient (Wildman–Crippen LogP) is 6.69.